The number of phosphoric acid groups is 3. The van der Waals surface area contributed by atoms with Crippen LogP contribution in [0.25, 0.3) is 11.2 Å². The number of nitrogen functional groups attached to an aromatic ring is 1. The summed E-state index contributed by atoms with van der Waals surface area (Å²) in [6.07, 6.45) is -10.6. The zero-order valence-electron chi connectivity index (χ0n) is 32.7. The summed E-state index contributed by atoms with van der Waals surface area (Å²) >= 11 is 0. The first-order valence-electron chi connectivity index (χ1n) is 18.4. The highest BCUT2D eigenvalue weighted by molar-refractivity contribution is 7.77. The van der Waals surface area contributed by atoms with Gasteiger partial charge in [0.15, 0.2) is 23.9 Å². The Kier molecular flexibility index (Phi) is 16.2. The van der Waals surface area contributed by atoms with Gasteiger partial charge >= 0.3 is 41.4 Å². The predicted octanol–water partition coefficient (Wildman–Crippen LogP) is -2.15. The highest BCUT2D eigenvalue weighted by Gasteiger charge is 2.53. The number of rotatable bonds is 23. The fourth-order valence-corrected chi connectivity index (χ4v) is 14.4. The number of nitrogens with two attached hydrogens (primary N) is 2. The second-order valence-electron chi connectivity index (χ2n) is 14.4. The molecule has 0 saturated carbocycles. The molecule has 0 aromatic carbocycles. The number of carbonyl (C=O) groups is 4. The molecule has 3 aliphatic heterocycles. The Bertz CT molecular complexity index is 2250. The van der Waals surface area contributed by atoms with Gasteiger partial charge in [0.05, 0.1) is 62.9 Å². The van der Waals surface area contributed by atoms with Crippen molar-refractivity contribution in [3.8, 4) is 0 Å². The van der Waals surface area contributed by atoms with E-state index in [1.165, 1.54) is 12.3 Å². The number of anilines is 1. The van der Waals surface area contributed by atoms with Crippen LogP contribution in [-0.2, 0) is 60.2 Å². The van der Waals surface area contributed by atoms with E-state index in [-0.39, 0.29) is 41.0 Å². The lowest BCUT2D eigenvalue weighted by Crippen LogP contribution is -2.42. The third kappa shape index (κ3) is 12.5. The minimum Gasteiger partial charge on any atom is -0.481 e. The number of carbonyl (C=O) groups excluding carboxylic acids is 1. The second-order valence-corrected chi connectivity index (χ2v) is 22.9. The molecule has 3 aliphatic rings. The van der Waals surface area contributed by atoms with Gasteiger partial charge in [0, 0.05) is 19.7 Å². The van der Waals surface area contributed by atoms with Gasteiger partial charge < -0.3 is 76.1 Å². The van der Waals surface area contributed by atoms with Gasteiger partial charge in [-0.25, -0.2) is 28.6 Å². The minimum atomic E-state index is -5.67. The van der Waals surface area contributed by atoms with Gasteiger partial charge in [-0.3, -0.25) is 37.3 Å². The van der Waals surface area contributed by atoms with Gasteiger partial charge in [-0.2, -0.15) is 4.31 Å². The molecule has 2 saturated heterocycles. The van der Waals surface area contributed by atoms with Crippen LogP contribution in [0.15, 0.2) is 36.7 Å². The zero-order chi connectivity index (χ0) is 47.5. The number of aromatic nitrogens is 4. The van der Waals surface area contributed by atoms with E-state index >= 15 is 0 Å². The number of carboxylic acid groups (broad SMARTS) is 3. The highest BCUT2D eigenvalue weighted by Crippen LogP contribution is 2.67. The number of imidazole rings is 1. The van der Waals surface area contributed by atoms with Crippen LogP contribution < -0.4 is 11.5 Å². The van der Waals surface area contributed by atoms with Crippen LogP contribution in [0.5, 0.6) is 0 Å². The summed E-state index contributed by atoms with van der Waals surface area (Å²) in [5, 5.41) is 60.9. The number of hydrogen-bond donors (Lipinski definition) is 12. The van der Waals surface area contributed by atoms with E-state index in [2.05, 4.69) is 19.3 Å². The monoisotopic (exact) mass is 994 g/mol. The van der Waals surface area contributed by atoms with Crippen LogP contribution >= 0.6 is 30.7 Å². The molecule has 0 spiro atoms. The molecule has 0 aliphatic carbocycles. The lowest BCUT2D eigenvalue weighted by Gasteiger charge is -2.37. The first-order valence-corrected chi connectivity index (χ1v) is 25.3. The summed E-state index contributed by atoms with van der Waals surface area (Å²) in [5.41, 5.74) is 10.2. The number of fused-ring (bicyclic) bond motifs is 1. The van der Waals surface area contributed by atoms with Crippen molar-refractivity contribution in [1.82, 2.24) is 24.4 Å². The van der Waals surface area contributed by atoms with E-state index < -0.39 is 142 Å². The van der Waals surface area contributed by atoms with E-state index in [4.69, 9.17) is 34.5 Å². The lowest BCUT2D eigenvalue weighted by molar-refractivity contribution is -0.137. The second kappa shape index (κ2) is 20.3. The van der Waals surface area contributed by atoms with Gasteiger partial charge in [0.1, 0.15) is 54.1 Å². The molecule has 5 heterocycles. The van der Waals surface area contributed by atoms with Gasteiger partial charge in [0.2, 0.25) is 5.91 Å². The Hall–Kier alpha value is -3.89. The Labute approximate surface area is 359 Å². The third-order valence-corrected chi connectivity index (χ3v) is 18.2. The Morgan fingerprint density at radius 1 is 0.781 bits per heavy atom. The molecule has 34 heteroatoms. The Balaban J connectivity index is 1.24. The molecule has 14 N–H and O–H groups in total. The summed E-state index contributed by atoms with van der Waals surface area (Å²) in [6.45, 7) is -2.27. The molecule has 0 radical (unpaired) electrons. The summed E-state index contributed by atoms with van der Waals surface area (Å²) in [6, 6.07) is 0. The standard InChI is InChI=1S/C30H43N7O23P4/c31-26-21-28(34-12-33-26)37(13-35-21)30-25(59-62(48,49)50)23(45)16(58-30)11-56-64(53,54)60-63(51,52)55-10-15-22(44)24(46)29(57-15)36-5-1-17(14(9-36)27(32)47)61(6-2-18(38)39,7-3-19(40)41)8-4-20(42)43/h1,5,9,12-13,15-17,22-25,29-30,44-46H,2-4,6-8,10-11H2,(H10-,31,32,33,34,38,39,40,41,42,43,47,48,49,50,51,52,53,54)/p+1/t15-,16-,17-,22-,23-,24-,25-,29-,30-/m1/s1. The van der Waals surface area contributed by atoms with Crippen molar-refractivity contribution in [2.75, 3.05) is 37.4 Å². The van der Waals surface area contributed by atoms with Crippen molar-refractivity contribution in [3.05, 3.63) is 36.7 Å². The molecule has 64 heavy (non-hydrogen) atoms. The maximum absolute atomic E-state index is 12.8. The molecule has 356 valence electrons. The molecule has 30 nitrogen and oxygen atoms in total. The zero-order valence-corrected chi connectivity index (χ0v) is 36.3. The maximum Gasteiger partial charge on any atom is 0.481 e. The Morgan fingerprint density at radius 3 is 1.83 bits per heavy atom. The first-order chi connectivity index (χ1) is 29.7. The normalized spacial score (nSPS) is 28.1. The van der Waals surface area contributed by atoms with E-state index in [1.807, 2.05) is 0 Å². The largest absolute Gasteiger partial charge is 0.481 e. The number of phosphoric ester groups is 3. The van der Waals surface area contributed by atoms with E-state index in [1.54, 1.807) is 0 Å². The average Bonchev–Trinajstić information content (AvgIpc) is 3.84. The van der Waals surface area contributed by atoms with Crippen molar-refractivity contribution in [2.24, 2.45) is 5.73 Å². The number of hydrogen-bond acceptors (Lipinski definition) is 21. The fraction of sp³-hybridized carbons (Fsp3) is 0.567. The number of aliphatic hydroxyl groups is 3. The summed E-state index contributed by atoms with van der Waals surface area (Å²) in [4.78, 5) is 100.0. The Morgan fingerprint density at radius 2 is 1.31 bits per heavy atom. The van der Waals surface area contributed by atoms with Crippen molar-refractivity contribution >= 4 is 71.5 Å². The van der Waals surface area contributed by atoms with Crippen LogP contribution in [0.3, 0.4) is 0 Å². The molecule has 2 unspecified atom stereocenters. The lowest BCUT2D eigenvalue weighted by atomic mass is 10.1. The summed E-state index contributed by atoms with van der Waals surface area (Å²) < 4.78 is 68.1. The maximum atomic E-state index is 12.8. The van der Waals surface area contributed by atoms with Gasteiger partial charge in [-0.1, -0.05) is 0 Å². The average molecular weight is 995 g/mol. The number of allylic oxidation sites excluding steroid dienone is 1. The molecular formula is C30H44N7O23P4+. The van der Waals surface area contributed by atoms with Crippen molar-refractivity contribution < 1.29 is 110 Å². The number of ether oxygens (including phenoxy) is 2. The van der Waals surface area contributed by atoms with E-state index in [0.29, 0.717) is 0 Å². The molecular weight excluding hydrogens is 950 g/mol. The van der Waals surface area contributed by atoms with E-state index in [9.17, 15) is 83.1 Å². The number of primary amides is 1. The molecule has 2 fully saturated rings. The van der Waals surface area contributed by atoms with Gasteiger partial charge in [-0.05, 0) is 6.08 Å². The topological polar surface area (TPSA) is 476 Å². The van der Waals surface area contributed by atoms with Gasteiger partial charge in [0.25, 0.3) is 0 Å². The molecule has 2 aromatic rings. The van der Waals surface area contributed by atoms with E-state index in [0.717, 1.165) is 28.3 Å². The number of nitrogens with zero attached hydrogens (tertiary/aromatic N) is 5. The van der Waals surface area contributed by atoms with Crippen LogP contribution in [-0.4, -0.2) is 179 Å². The highest BCUT2D eigenvalue weighted by atomic mass is 31.3. The summed E-state index contributed by atoms with van der Waals surface area (Å²) in [7, 11) is -19.7. The number of aliphatic hydroxyl groups excluding tert-OH is 3. The number of aliphatic carboxylic acids is 3. The van der Waals surface area contributed by atoms with Crippen LogP contribution in [0.1, 0.15) is 25.5 Å². The molecule has 2 aromatic heterocycles. The predicted molar refractivity (Wildman–Crippen MR) is 210 cm³/mol. The van der Waals surface area contributed by atoms with Crippen LogP contribution in [0, 0.1) is 0 Å². The fourth-order valence-electron chi connectivity index (χ4n) is 7.15. The van der Waals surface area contributed by atoms with Crippen molar-refractivity contribution in [1.29, 1.82) is 0 Å². The SMILES string of the molecule is NC(=O)C1=CN([C@@H]2O[C@H](COP(=O)(O)OP(=O)(O)OC[C@H]3O[C@@H](n4cnc5c(N)ncnc54)[C@H](OP(=O)(O)O)[C@@H]3O)[C@@H](O)[C@H]2O)C=C[C@H]1[P+](CCC(=O)O)(CCC(=O)O)CCC(=O)O. The molecule has 5 rings (SSSR count). The first kappa shape index (κ1) is 51.1. The smallest absolute Gasteiger partial charge is 0.481 e. The van der Waals surface area contributed by atoms with Crippen LogP contribution in [0.2, 0.25) is 0 Å². The molecule has 11 atom stereocenters. The van der Waals surface area contributed by atoms with Crippen LogP contribution in [0.4, 0.5) is 5.82 Å². The third-order valence-electron chi connectivity index (χ3n) is 10.1. The van der Waals surface area contributed by atoms with Crippen molar-refractivity contribution in [2.45, 2.75) is 74.0 Å². The van der Waals surface area contributed by atoms with Crippen molar-refractivity contribution in [3.63, 3.8) is 0 Å². The summed E-state index contributed by atoms with van der Waals surface area (Å²) in [5.74, 6) is -4.97. The number of amides is 1. The minimum absolute atomic E-state index is 0.0229. The molecule has 0 bridgehead atoms. The quantitative estimate of drug-likeness (QED) is 0.0528. The molecule has 1 amide bonds. The number of carboxylic acids is 3. The van der Waals surface area contributed by atoms with Gasteiger partial charge in [-0.15, -0.1) is 0 Å².